The monoisotopic (exact) mass is 299 g/mol. The molecule has 0 aliphatic rings. The van der Waals surface area contributed by atoms with Crippen LogP contribution in [0.1, 0.15) is 16.1 Å². The van der Waals surface area contributed by atoms with Crippen LogP contribution in [0.5, 0.6) is 0 Å². The van der Waals surface area contributed by atoms with Crippen LogP contribution in [0.3, 0.4) is 0 Å². The van der Waals surface area contributed by atoms with Crippen LogP contribution in [-0.2, 0) is 0 Å². The van der Waals surface area contributed by atoms with E-state index >= 15 is 0 Å². The maximum Gasteiger partial charge on any atom is 0.335 e. The minimum Gasteiger partial charge on any atom is -0.478 e. The molecule has 5 nitrogen and oxygen atoms in total. The van der Waals surface area contributed by atoms with Crippen molar-refractivity contribution in [2.75, 3.05) is 6.26 Å². The van der Waals surface area contributed by atoms with Gasteiger partial charge in [-0.2, -0.15) is 0 Å². The molecular formula is C10H9N3O2S3. The Balaban J connectivity index is 2.25. The molecule has 0 aliphatic heterocycles. The lowest BCUT2D eigenvalue weighted by atomic mass is 10.2. The number of aromatic carboxylic acids is 1. The third-order valence-electron chi connectivity index (χ3n) is 1.93. The van der Waals surface area contributed by atoms with Gasteiger partial charge in [0.25, 0.3) is 0 Å². The lowest BCUT2D eigenvalue weighted by Crippen LogP contribution is -1.98. The fourth-order valence-electron chi connectivity index (χ4n) is 1.22. The predicted octanol–water partition coefficient (Wildman–Crippen LogP) is 2.81. The molecule has 2 heterocycles. The molecule has 0 saturated carbocycles. The molecule has 0 spiro atoms. The first-order valence-electron chi connectivity index (χ1n) is 4.86. The topological polar surface area (TPSA) is 76.0 Å². The summed E-state index contributed by atoms with van der Waals surface area (Å²) in [6, 6.07) is 3.08. The smallest absolute Gasteiger partial charge is 0.335 e. The molecule has 2 aromatic heterocycles. The average Bonchev–Trinajstić information content (AvgIpc) is 2.76. The Morgan fingerprint density at radius 1 is 1.33 bits per heavy atom. The molecule has 94 valence electrons. The Kier molecular flexibility index (Phi) is 4.20. The van der Waals surface area contributed by atoms with E-state index in [2.05, 4.69) is 15.2 Å². The van der Waals surface area contributed by atoms with Crippen molar-refractivity contribution >= 4 is 40.8 Å². The Bertz CT molecular complexity index is 585. The van der Waals surface area contributed by atoms with E-state index < -0.39 is 5.97 Å². The van der Waals surface area contributed by atoms with E-state index in [1.165, 1.54) is 34.9 Å². The highest BCUT2D eigenvalue weighted by Gasteiger charge is 2.10. The molecule has 2 rings (SSSR count). The third-order valence-corrected chi connectivity index (χ3v) is 4.80. The van der Waals surface area contributed by atoms with Gasteiger partial charge in [0.15, 0.2) is 8.68 Å². The average molecular weight is 299 g/mol. The standard InChI is InChI=1S/C10H9N3O2S3/c1-5-3-6(8(14)15)4-7(11-5)17-10-13-12-9(16-2)18-10/h3-4H,1-2H3,(H,14,15). The second kappa shape index (κ2) is 5.68. The van der Waals surface area contributed by atoms with E-state index in [1.54, 1.807) is 19.1 Å². The van der Waals surface area contributed by atoms with Crippen LogP contribution >= 0.6 is 34.9 Å². The molecule has 0 unspecified atom stereocenters. The van der Waals surface area contributed by atoms with Gasteiger partial charge in [-0.05, 0) is 37.1 Å². The Hall–Kier alpha value is -1.12. The van der Waals surface area contributed by atoms with Crippen molar-refractivity contribution in [2.45, 2.75) is 20.6 Å². The second-order valence-corrected chi connectivity index (χ2v) is 6.58. The highest BCUT2D eigenvalue weighted by molar-refractivity contribution is 8.02. The molecular weight excluding hydrogens is 290 g/mol. The summed E-state index contributed by atoms with van der Waals surface area (Å²) in [5.41, 5.74) is 0.909. The number of hydrogen-bond donors (Lipinski definition) is 1. The van der Waals surface area contributed by atoms with Crippen molar-refractivity contribution < 1.29 is 9.90 Å². The van der Waals surface area contributed by atoms with Gasteiger partial charge in [-0.25, -0.2) is 9.78 Å². The van der Waals surface area contributed by atoms with E-state index in [-0.39, 0.29) is 5.56 Å². The van der Waals surface area contributed by atoms with Crippen LogP contribution in [0.4, 0.5) is 0 Å². The maximum atomic E-state index is 10.9. The molecule has 2 aromatic rings. The van der Waals surface area contributed by atoms with Crippen LogP contribution in [0.25, 0.3) is 0 Å². The minimum atomic E-state index is -0.954. The van der Waals surface area contributed by atoms with E-state index in [4.69, 9.17) is 5.11 Å². The number of nitrogens with zero attached hydrogens (tertiary/aromatic N) is 3. The summed E-state index contributed by atoms with van der Waals surface area (Å²) in [7, 11) is 0. The van der Waals surface area contributed by atoms with Crippen molar-refractivity contribution in [3.8, 4) is 0 Å². The highest BCUT2D eigenvalue weighted by atomic mass is 32.2. The summed E-state index contributed by atoms with van der Waals surface area (Å²) in [4.78, 5) is 15.2. The third kappa shape index (κ3) is 3.21. The summed E-state index contributed by atoms with van der Waals surface area (Å²) in [5, 5.41) is 17.6. The number of aromatic nitrogens is 3. The van der Waals surface area contributed by atoms with Crippen molar-refractivity contribution in [1.29, 1.82) is 0 Å². The van der Waals surface area contributed by atoms with Gasteiger partial charge in [0.1, 0.15) is 5.03 Å². The highest BCUT2D eigenvalue weighted by Crippen LogP contribution is 2.32. The summed E-state index contributed by atoms with van der Waals surface area (Å²) in [6.45, 7) is 1.77. The molecule has 0 saturated heterocycles. The number of thioether (sulfide) groups is 1. The first-order valence-corrected chi connectivity index (χ1v) is 7.71. The molecule has 0 bridgehead atoms. The zero-order valence-electron chi connectivity index (χ0n) is 9.58. The van der Waals surface area contributed by atoms with E-state index in [0.717, 1.165) is 8.68 Å². The van der Waals surface area contributed by atoms with Crippen molar-refractivity contribution in [3.63, 3.8) is 0 Å². The van der Waals surface area contributed by atoms with Crippen molar-refractivity contribution in [1.82, 2.24) is 15.2 Å². The van der Waals surface area contributed by atoms with Gasteiger partial charge >= 0.3 is 5.97 Å². The summed E-state index contributed by atoms with van der Waals surface area (Å²) < 4.78 is 1.64. The minimum absolute atomic E-state index is 0.236. The Morgan fingerprint density at radius 3 is 2.67 bits per heavy atom. The van der Waals surface area contributed by atoms with Gasteiger partial charge in [-0.3, -0.25) is 0 Å². The second-order valence-electron chi connectivity index (χ2n) is 3.28. The van der Waals surface area contributed by atoms with Crippen LogP contribution in [-0.4, -0.2) is 32.5 Å². The summed E-state index contributed by atoms with van der Waals surface area (Å²) in [5.74, 6) is -0.954. The van der Waals surface area contributed by atoms with Crippen LogP contribution < -0.4 is 0 Å². The lowest BCUT2D eigenvalue weighted by Gasteiger charge is -2.01. The molecule has 1 N–H and O–H groups in total. The van der Waals surface area contributed by atoms with Crippen molar-refractivity contribution in [2.24, 2.45) is 0 Å². The fraction of sp³-hybridized carbons (Fsp3) is 0.200. The van der Waals surface area contributed by atoms with Gasteiger partial charge in [0, 0.05) is 5.69 Å². The van der Waals surface area contributed by atoms with Gasteiger partial charge in [0.05, 0.1) is 5.56 Å². The molecule has 0 amide bonds. The van der Waals surface area contributed by atoms with Gasteiger partial charge < -0.3 is 5.11 Å². The first kappa shape index (κ1) is 13.3. The number of pyridine rings is 1. The van der Waals surface area contributed by atoms with Gasteiger partial charge in [-0.15, -0.1) is 10.2 Å². The first-order chi connectivity index (χ1) is 8.58. The number of carbonyl (C=O) groups is 1. The Labute approximate surface area is 116 Å². The fourth-order valence-corrected chi connectivity index (χ4v) is 3.68. The lowest BCUT2D eigenvalue weighted by molar-refractivity contribution is 0.0696. The quantitative estimate of drug-likeness (QED) is 0.870. The number of hydrogen-bond acceptors (Lipinski definition) is 7. The van der Waals surface area contributed by atoms with Crippen LogP contribution in [0.2, 0.25) is 0 Å². The number of carboxylic acids is 1. The number of rotatable bonds is 4. The molecule has 0 radical (unpaired) electrons. The van der Waals surface area contributed by atoms with Crippen LogP contribution in [0.15, 0.2) is 25.8 Å². The van der Waals surface area contributed by atoms with Gasteiger partial charge in [0.2, 0.25) is 0 Å². The van der Waals surface area contributed by atoms with E-state index in [1.807, 2.05) is 6.26 Å². The zero-order chi connectivity index (χ0) is 13.1. The Morgan fingerprint density at radius 2 is 2.06 bits per heavy atom. The molecule has 0 atom stereocenters. The largest absolute Gasteiger partial charge is 0.478 e. The van der Waals surface area contributed by atoms with Crippen LogP contribution in [0, 0.1) is 6.92 Å². The van der Waals surface area contributed by atoms with E-state index in [0.29, 0.717) is 10.7 Å². The van der Waals surface area contributed by atoms with Crippen molar-refractivity contribution in [3.05, 3.63) is 23.4 Å². The van der Waals surface area contributed by atoms with Gasteiger partial charge in [-0.1, -0.05) is 23.1 Å². The number of carboxylic acid groups (broad SMARTS) is 1. The molecule has 0 aliphatic carbocycles. The zero-order valence-corrected chi connectivity index (χ0v) is 12.0. The SMILES string of the molecule is CSc1nnc(Sc2cc(C(=O)O)cc(C)n2)s1. The summed E-state index contributed by atoms with van der Waals surface area (Å²) in [6.07, 6.45) is 1.93. The number of aryl methyl sites for hydroxylation is 1. The normalized spacial score (nSPS) is 10.6. The molecule has 0 aromatic carbocycles. The molecule has 0 fully saturated rings. The predicted molar refractivity (Wildman–Crippen MR) is 71.7 cm³/mol. The van der Waals surface area contributed by atoms with E-state index in [9.17, 15) is 4.79 Å². The molecule has 8 heteroatoms. The molecule has 18 heavy (non-hydrogen) atoms. The maximum absolute atomic E-state index is 10.9. The summed E-state index contributed by atoms with van der Waals surface area (Å²) >= 11 is 4.32.